The maximum atomic E-state index is 9.07. The molecule has 0 bridgehead atoms. The molecule has 15 heavy (non-hydrogen) atoms. The van der Waals surface area contributed by atoms with Gasteiger partial charge in [-0.25, -0.2) is 0 Å². The fourth-order valence-corrected chi connectivity index (χ4v) is 3.42. The van der Waals surface area contributed by atoms with Gasteiger partial charge < -0.3 is 5.11 Å². The van der Waals surface area contributed by atoms with Gasteiger partial charge in [0, 0.05) is 24.5 Å². The second-order valence-corrected chi connectivity index (χ2v) is 5.83. The van der Waals surface area contributed by atoms with E-state index in [1.54, 1.807) is 0 Å². The summed E-state index contributed by atoms with van der Waals surface area (Å²) in [6.07, 6.45) is 7.74. The predicted octanol–water partition coefficient (Wildman–Crippen LogP) is 2.40. The van der Waals surface area contributed by atoms with E-state index in [-0.39, 0.29) is 0 Å². The van der Waals surface area contributed by atoms with E-state index >= 15 is 0 Å². The summed E-state index contributed by atoms with van der Waals surface area (Å²) in [6.45, 7) is 2.85. The minimum absolute atomic E-state index is 0.350. The maximum Gasteiger partial charge on any atom is 0.0445 e. The number of nitrogens with zero attached hydrogens (tertiary/aromatic N) is 1. The number of piperidine rings is 1. The summed E-state index contributed by atoms with van der Waals surface area (Å²) in [7, 11) is 0. The minimum Gasteiger partial charge on any atom is -0.396 e. The highest BCUT2D eigenvalue weighted by Gasteiger charge is 2.43. The van der Waals surface area contributed by atoms with Crippen LogP contribution in [0.5, 0.6) is 0 Å². The van der Waals surface area contributed by atoms with Crippen LogP contribution < -0.4 is 0 Å². The van der Waals surface area contributed by atoms with E-state index in [4.69, 9.17) is 5.11 Å². The molecule has 2 rings (SSSR count). The molecule has 0 amide bonds. The molecular weight excluding hydrogens is 254 g/mol. The van der Waals surface area contributed by atoms with Gasteiger partial charge in [-0.1, -0.05) is 22.4 Å². The Morgan fingerprint density at radius 3 is 2.73 bits per heavy atom. The van der Waals surface area contributed by atoms with E-state index in [0.29, 0.717) is 18.1 Å². The van der Waals surface area contributed by atoms with Gasteiger partial charge in [0.25, 0.3) is 0 Å². The SMILES string of the molecule is OCCC1CCCCN1CC1(CBr)CC1. The third kappa shape index (κ3) is 2.95. The average molecular weight is 276 g/mol. The molecule has 0 aromatic rings. The van der Waals surface area contributed by atoms with Gasteiger partial charge in [0.1, 0.15) is 0 Å². The van der Waals surface area contributed by atoms with Crippen molar-refractivity contribution in [3.05, 3.63) is 0 Å². The lowest BCUT2D eigenvalue weighted by molar-refractivity contribution is 0.101. The quantitative estimate of drug-likeness (QED) is 0.779. The summed E-state index contributed by atoms with van der Waals surface area (Å²) in [4.78, 5) is 2.63. The fourth-order valence-electron chi connectivity index (χ4n) is 2.69. The Hall–Kier alpha value is 0.400. The summed E-state index contributed by atoms with van der Waals surface area (Å²) >= 11 is 3.64. The second kappa shape index (κ2) is 5.15. The van der Waals surface area contributed by atoms with E-state index in [1.807, 2.05) is 0 Å². The molecule has 0 spiro atoms. The molecule has 1 unspecified atom stereocenters. The van der Waals surface area contributed by atoms with Crippen LogP contribution in [0.4, 0.5) is 0 Å². The molecule has 2 aliphatic rings. The molecule has 1 aliphatic heterocycles. The van der Waals surface area contributed by atoms with Crippen LogP contribution in [-0.4, -0.2) is 41.1 Å². The zero-order chi connectivity index (χ0) is 10.7. The van der Waals surface area contributed by atoms with E-state index in [2.05, 4.69) is 20.8 Å². The number of likely N-dealkylation sites (tertiary alicyclic amines) is 1. The third-order valence-corrected chi connectivity index (χ3v) is 5.18. The highest BCUT2D eigenvalue weighted by Crippen LogP contribution is 2.48. The van der Waals surface area contributed by atoms with Crippen molar-refractivity contribution in [3.8, 4) is 0 Å². The van der Waals surface area contributed by atoms with Crippen molar-refractivity contribution in [1.82, 2.24) is 4.90 Å². The highest BCUT2D eigenvalue weighted by molar-refractivity contribution is 9.09. The van der Waals surface area contributed by atoms with E-state index < -0.39 is 0 Å². The first-order valence-corrected chi connectivity index (χ1v) is 7.33. The Bertz CT molecular complexity index is 204. The largest absolute Gasteiger partial charge is 0.396 e. The van der Waals surface area contributed by atoms with E-state index in [0.717, 1.165) is 11.8 Å². The summed E-state index contributed by atoms with van der Waals surface area (Å²) < 4.78 is 0. The van der Waals surface area contributed by atoms with Crippen LogP contribution in [0.15, 0.2) is 0 Å². The number of alkyl halides is 1. The molecule has 1 N–H and O–H groups in total. The van der Waals surface area contributed by atoms with Crippen molar-refractivity contribution in [3.63, 3.8) is 0 Å². The van der Waals surface area contributed by atoms with Gasteiger partial charge in [-0.05, 0) is 44.1 Å². The number of hydrogen-bond acceptors (Lipinski definition) is 2. The maximum absolute atomic E-state index is 9.07. The fraction of sp³-hybridized carbons (Fsp3) is 1.00. The monoisotopic (exact) mass is 275 g/mol. The van der Waals surface area contributed by atoms with Crippen molar-refractivity contribution in [1.29, 1.82) is 0 Å². The molecule has 2 nitrogen and oxygen atoms in total. The van der Waals surface area contributed by atoms with Gasteiger partial charge >= 0.3 is 0 Å². The van der Waals surface area contributed by atoms with Gasteiger partial charge in [0.05, 0.1) is 0 Å². The zero-order valence-corrected chi connectivity index (χ0v) is 11.0. The first-order chi connectivity index (χ1) is 7.29. The lowest BCUT2D eigenvalue weighted by atomic mass is 9.97. The Morgan fingerprint density at radius 1 is 1.33 bits per heavy atom. The van der Waals surface area contributed by atoms with Crippen LogP contribution in [0.1, 0.15) is 38.5 Å². The van der Waals surface area contributed by atoms with E-state index in [9.17, 15) is 0 Å². The first kappa shape index (κ1) is 11.9. The van der Waals surface area contributed by atoms with Gasteiger partial charge in [-0.3, -0.25) is 4.90 Å². The molecule has 1 saturated heterocycles. The Morgan fingerprint density at radius 2 is 2.13 bits per heavy atom. The number of aliphatic hydroxyl groups excluding tert-OH is 1. The Kier molecular flexibility index (Phi) is 4.08. The molecule has 0 aromatic carbocycles. The van der Waals surface area contributed by atoms with Crippen molar-refractivity contribution in [2.45, 2.75) is 44.6 Å². The first-order valence-electron chi connectivity index (χ1n) is 6.20. The van der Waals surface area contributed by atoms with Crippen LogP contribution in [0.25, 0.3) is 0 Å². The number of halogens is 1. The number of aliphatic hydroxyl groups is 1. The molecule has 0 radical (unpaired) electrons. The van der Waals surface area contributed by atoms with Gasteiger partial charge in [-0.15, -0.1) is 0 Å². The van der Waals surface area contributed by atoms with E-state index in [1.165, 1.54) is 45.2 Å². The molecule has 0 aromatic heterocycles. The highest BCUT2D eigenvalue weighted by atomic mass is 79.9. The smallest absolute Gasteiger partial charge is 0.0445 e. The lowest BCUT2D eigenvalue weighted by Crippen LogP contribution is -2.43. The molecule has 1 atom stereocenters. The zero-order valence-electron chi connectivity index (χ0n) is 9.42. The summed E-state index contributed by atoms with van der Waals surface area (Å²) in [5.41, 5.74) is 0.588. The molecule has 3 heteroatoms. The van der Waals surface area contributed by atoms with Crippen molar-refractivity contribution < 1.29 is 5.11 Å². The van der Waals surface area contributed by atoms with Gasteiger partial charge in [0.15, 0.2) is 0 Å². The van der Waals surface area contributed by atoms with Crippen LogP contribution in [0.2, 0.25) is 0 Å². The molecular formula is C12H22BrNO. The van der Waals surface area contributed by atoms with Crippen molar-refractivity contribution >= 4 is 15.9 Å². The third-order valence-electron chi connectivity index (χ3n) is 3.99. The molecule has 2 fully saturated rings. The number of hydrogen-bond donors (Lipinski definition) is 1. The molecule has 88 valence electrons. The van der Waals surface area contributed by atoms with Gasteiger partial charge in [-0.2, -0.15) is 0 Å². The van der Waals surface area contributed by atoms with Crippen LogP contribution >= 0.6 is 15.9 Å². The minimum atomic E-state index is 0.350. The van der Waals surface area contributed by atoms with Crippen molar-refractivity contribution in [2.24, 2.45) is 5.41 Å². The van der Waals surface area contributed by atoms with Crippen LogP contribution in [0.3, 0.4) is 0 Å². The Balaban J connectivity index is 1.87. The van der Waals surface area contributed by atoms with Crippen LogP contribution in [-0.2, 0) is 0 Å². The normalized spacial score (nSPS) is 30.4. The second-order valence-electron chi connectivity index (χ2n) is 5.27. The lowest BCUT2D eigenvalue weighted by Gasteiger charge is -2.37. The molecule has 1 saturated carbocycles. The Labute approximate surface area is 101 Å². The number of rotatable bonds is 5. The summed E-state index contributed by atoms with van der Waals surface area (Å²) in [5.74, 6) is 0. The van der Waals surface area contributed by atoms with Crippen LogP contribution in [0, 0.1) is 5.41 Å². The van der Waals surface area contributed by atoms with Gasteiger partial charge in [0.2, 0.25) is 0 Å². The predicted molar refractivity (Wildman–Crippen MR) is 66.4 cm³/mol. The average Bonchev–Trinajstić information content (AvgIpc) is 3.02. The molecule has 1 aliphatic carbocycles. The topological polar surface area (TPSA) is 23.5 Å². The molecule has 1 heterocycles. The summed E-state index contributed by atoms with van der Waals surface area (Å²) in [6, 6.07) is 0.653. The standard InChI is InChI=1S/C12H22BrNO/c13-9-12(5-6-12)10-14-7-2-1-3-11(14)4-8-15/h11,15H,1-10H2. The van der Waals surface area contributed by atoms with Crippen molar-refractivity contribution in [2.75, 3.05) is 25.0 Å². The summed E-state index contributed by atoms with van der Waals surface area (Å²) in [5, 5.41) is 10.2.